The summed E-state index contributed by atoms with van der Waals surface area (Å²) in [6.07, 6.45) is 5.00. The second-order valence-corrected chi connectivity index (χ2v) is 6.55. The van der Waals surface area contributed by atoms with Crippen LogP contribution >= 0.6 is 0 Å². The molecule has 0 spiro atoms. The van der Waals surface area contributed by atoms with Crippen molar-refractivity contribution in [1.29, 1.82) is 0 Å². The van der Waals surface area contributed by atoms with E-state index in [0.29, 0.717) is 23.5 Å². The van der Waals surface area contributed by atoms with E-state index in [2.05, 4.69) is 33.5 Å². The number of rotatable bonds is 4. The predicted octanol–water partition coefficient (Wildman–Crippen LogP) is 4.35. The van der Waals surface area contributed by atoms with Gasteiger partial charge in [0.15, 0.2) is 5.65 Å². The molecule has 2 aromatic heterocycles. The summed E-state index contributed by atoms with van der Waals surface area (Å²) in [6, 6.07) is 10.3. The van der Waals surface area contributed by atoms with Crippen LogP contribution in [0.1, 0.15) is 40.5 Å². The van der Waals surface area contributed by atoms with E-state index in [-0.39, 0.29) is 5.97 Å². The molecule has 0 unspecified atom stereocenters. The van der Waals surface area contributed by atoms with Gasteiger partial charge in [-0.3, -0.25) is 0 Å². The van der Waals surface area contributed by atoms with Gasteiger partial charge >= 0.3 is 5.97 Å². The molecule has 5 nitrogen and oxygen atoms in total. The normalized spacial score (nSPS) is 12.8. The molecule has 26 heavy (non-hydrogen) atoms. The van der Waals surface area contributed by atoms with Gasteiger partial charge in [0.1, 0.15) is 5.56 Å². The maximum atomic E-state index is 12.4. The zero-order chi connectivity index (χ0) is 18.1. The molecule has 0 fully saturated rings. The number of hydrogen-bond acceptors (Lipinski definition) is 5. The van der Waals surface area contributed by atoms with Crippen molar-refractivity contribution in [3.8, 4) is 0 Å². The molecule has 132 valence electrons. The van der Waals surface area contributed by atoms with Crippen LogP contribution in [0.3, 0.4) is 0 Å². The van der Waals surface area contributed by atoms with Crippen LogP contribution in [0, 0.1) is 6.92 Å². The molecule has 0 saturated heterocycles. The van der Waals surface area contributed by atoms with Gasteiger partial charge in [-0.1, -0.05) is 6.07 Å². The number of aromatic nitrogens is 2. The van der Waals surface area contributed by atoms with E-state index >= 15 is 0 Å². The maximum absolute atomic E-state index is 12.4. The van der Waals surface area contributed by atoms with E-state index in [1.165, 1.54) is 17.5 Å². The molecule has 0 atom stereocenters. The number of nitrogens with one attached hydrogen (secondary N) is 1. The number of pyridine rings is 2. The fourth-order valence-electron chi connectivity index (χ4n) is 3.46. The summed E-state index contributed by atoms with van der Waals surface area (Å²) < 4.78 is 5.21. The smallest absolute Gasteiger partial charge is 0.341 e. The number of ether oxygens (including phenoxy) is 1. The number of carbonyl (C=O) groups excluding carboxylic acids is 1. The van der Waals surface area contributed by atoms with Crippen molar-refractivity contribution < 1.29 is 9.53 Å². The second-order valence-electron chi connectivity index (χ2n) is 6.55. The number of carbonyl (C=O) groups is 1. The molecule has 0 radical (unpaired) electrons. The summed E-state index contributed by atoms with van der Waals surface area (Å²) in [6.45, 7) is 4.04. The highest BCUT2D eigenvalue weighted by molar-refractivity contribution is 6.05. The molecule has 3 aromatic rings. The first-order chi connectivity index (χ1) is 12.7. The molecule has 0 aliphatic heterocycles. The quantitative estimate of drug-likeness (QED) is 0.711. The van der Waals surface area contributed by atoms with Gasteiger partial charge in [-0.2, -0.15) is 0 Å². The summed E-state index contributed by atoms with van der Waals surface area (Å²) in [7, 11) is 0. The van der Waals surface area contributed by atoms with E-state index in [4.69, 9.17) is 4.74 Å². The highest BCUT2D eigenvalue weighted by Gasteiger charge is 2.18. The lowest BCUT2D eigenvalue weighted by Gasteiger charge is -2.15. The monoisotopic (exact) mass is 347 g/mol. The van der Waals surface area contributed by atoms with Crippen molar-refractivity contribution in [2.75, 3.05) is 11.9 Å². The molecular formula is C21H21N3O2. The summed E-state index contributed by atoms with van der Waals surface area (Å²) in [4.78, 5) is 21.3. The van der Waals surface area contributed by atoms with Gasteiger partial charge in [0.05, 0.1) is 12.3 Å². The summed E-state index contributed by atoms with van der Waals surface area (Å²) >= 11 is 0. The highest BCUT2D eigenvalue weighted by Crippen LogP contribution is 2.31. The standard InChI is InChI=1S/C21H21N3O2/c1-3-26-21(25)18-12-22-20-17(10-7-13(2)23-20)19(18)24-16-9-8-14-5-4-6-15(14)11-16/h7-12H,3-6H2,1-2H3,(H,22,23,24). The Labute approximate surface area is 152 Å². The van der Waals surface area contributed by atoms with E-state index < -0.39 is 0 Å². The summed E-state index contributed by atoms with van der Waals surface area (Å²) in [5, 5.41) is 4.23. The fraction of sp³-hybridized carbons (Fsp3) is 0.286. The van der Waals surface area contributed by atoms with Crippen molar-refractivity contribution in [3.05, 3.63) is 58.9 Å². The Kier molecular flexibility index (Phi) is 4.29. The molecule has 1 aromatic carbocycles. The first-order valence-corrected chi connectivity index (χ1v) is 8.98. The summed E-state index contributed by atoms with van der Waals surface area (Å²) in [5.41, 5.74) is 6.37. The molecule has 2 heterocycles. The van der Waals surface area contributed by atoms with Crippen LogP contribution in [-0.2, 0) is 17.6 Å². The highest BCUT2D eigenvalue weighted by atomic mass is 16.5. The van der Waals surface area contributed by atoms with Crippen LogP contribution < -0.4 is 5.32 Å². The van der Waals surface area contributed by atoms with Crippen LogP contribution in [0.5, 0.6) is 0 Å². The maximum Gasteiger partial charge on any atom is 0.341 e. The predicted molar refractivity (Wildman–Crippen MR) is 102 cm³/mol. The molecule has 1 aliphatic rings. The number of benzene rings is 1. The Bertz CT molecular complexity index is 998. The minimum absolute atomic E-state index is 0.321. The number of fused-ring (bicyclic) bond motifs is 2. The molecular weight excluding hydrogens is 326 g/mol. The molecule has 5 heteroatoms. The van der Waals surface area contributed by atoms with Crippen LogP contribution in [-0.4, -0.2) is 22.5 Å². The van der Waals surface area contributed by atoms with Crippen LogP contribution in [0.15, 0.2) is 36.5 Å². The van der Waals surface area contributed by atoms with Gasteiger partial charge in [0.25, 0.3) is 0 Å². The van der Waals surface area contributed by atoms with Crippen molar-refractivity contribution in [1.82, 2.24) is 9.97 Å². The average Bonchev–Trinajstić information content (AvgIpc) is 3.09. The van der Waals surface area contributed by atoms with Gasteiger partial charge in [0.2, 0.25) is 0 Å². The van der Waals surface area contributed by atoms with E-state index in [1.54, 1.807) is 13.1 Å². The van der Waals surface area contributed by atoms with Gasteiger partial charge in [-0.05, 0) is 68.5 Å². The van der Waals surface area contributed by atoms with Crippen molar-refractivity contribution in [3.63, 3.8) is 0 Å². The first-order valence-electron chi connectivity index (χ1n) is 8.98. The Morgan fingerprint density at radius 3 is 2.88 bits per heavy atom. The largest absolute Gasteiger partial charge is 0.462 e. The Balaban J connectivity index is 1.82. The first kappa shape index (κ1) is 16.5. The third-order valence-electron chi connectivity index (χ3n) is 4.73. The van der Waals surface area contributed by atoms with E-state index in [9.17, 15) is 4.79 Å². The summed E-state index contributed by atoms with van der Waals surface area (Å²) in [5.74, 6) is -0.383. The number of aryl methyl sites for hydroxylation is 3. The van der Waals surface area contributed by atoms with Gasteiger partial charge in [-0.25, -0.2) is 14.8 Å². The van der Waals surface area contributed by atoms with Crippen LogP contribution in [0.25, 0.3) is 11.0 Å². The van der Waals surface area contributed by atoms with Crippen LogP contribution in [0.2, 0.25) is 0 Å². The van der Waals surface area contributed by atoms with E-state index in [0.717, 1.165) is 29.6 Å². The third-order valence-corrected chi connectivity index (χ3v) is 4.73. The average molecular weight is 347 g/mol. The Hall–Kier alpha value is -2.95. The van der Waals surface area contributed by atoms with Crippen molar-refractivity contribution >= 4 is 28.4 Å². The van der Waals surface area contributed by atoms with Gasteiger partial charge < -0.3 is 10.1 Å². The lowest BCUT2D eigenvalue weighted by atomic mass is 10.1. The third kappa shape index (κ3) is 3.01. The second kappa shape index (κ2) is 6.75. The number of nitrogens with zero attached hydrogens (tertiary/aromatic N) is 2. The van der Waals surface area contributed by atoms with Crippen molar-refractivity contribution in [2.45, 2.75) is 33.1 Å². The topological polar surface area (TPSA) is 64.1 Å². The minimum atomic E-state index is -0.383. The number of anilines is 2. The van der Waals surface area contributed by atoms with Gasteiger partial charge in [0, 0.05) is 23.0 Å². The van der Waals surface area contributed by atoms with E-state index in [1.807, 2.05) is 19.1 Å². The van der Waals surface area contributed by atoms with Crippen molar-refractivity contribution in [2.24, 2.45) is 0 Å². The van der Waals surface area contributed by atoms with Gasteiger partial charge in [-0.15, -0.1) is 0 Å². The minimum Gasteiger partial charge on any atom is -0.462 e. The van der Waals surface area contributed by atoms with Crippen LogP contribution in [0.4, 0.5) is 11.4 Å². The zero-order valence-corrected chi connectivity index (χ0v) is 15.0. The zero-order valence-electron chi connectivity index (χ0n) is 15.0. The fourth-order valence-corrected chi connectivity index (χ4v) is 3.46. The molecule has 1 aliphatic carbocycles. The SMILES string of the molecule is CCOC(=O)c1cnc2nc(C)ccc2c1Nc1ccc2c(c1)CCC2. The molecule has 0 amide bonds. The Morgan fingerprint density at radius 2 is 2.04 bits per heavy atom. The number of esters is 1. The molecule has 0 bridgehead atoms. The molecule has 0 saturated carbocycles. The molecule has 4 rings (SSSR count). The number of hydrogen-bond donors (Lipinski definition) is 1. The Morgan fingerprint density at radius 1 is 1.19 bits per heavy atom. The molecule has 1 N–H and O–H groups in total. The lowest BCUT2D eigenvalue weighted by molar-refractivity contribution is 0.0527. The lowest BCUT2D eigenvalue weighted by Crippen LogP contribution is -2.10.